The van der Waals surface area contributed by atoms with Crippen LogP contribution in [-0.4, -0.2) is 11.3 Å². The number of nitrogens with one attached hydrogen (secondary N) is 1. The van der Waals surface area contributed by atoms with Gasteiger partial charge in [0.2, 0.25) is 5.91 Å². The minimum atomic E-state index is -0.539. The summed E-state index contributed by atoms with van der Waals surface area (Å²) < 4.78 is 1.20. The van der Waals surface area contributed by atoms with Gasteiger partial charge >= 0.3 is 0 Å². The van der Waals surface area contributed by atoms with Crippen LogP contribution in [0.5, 0.6) is 0 Å². The maximum Gasteiger partial charge on any atom is 0.238 e. The fourth-order valence-corrected chi connectivity index (χ4v) is 2.38. The normalized spacial score (nSPS) is 12.6. The number of rotatable bonds is 3. The van der Waals surface area contributed by atoms with Crippen LogP contribution in [0.15, 0.2) is 6.07 Å². The number of halogens is 3. The summed E-state index contributed by atoms with van der Waals surface area (Å²) in [5.41, 5.74) is 0.812. The first kappa shape index (κ1) is 12.1. The molecule has 0 radical (unpaired) electrons. The maximum atomic E-state index is 11.1. The van der Waals surface area contributed by atoms with Crippen molar-refractivity contribution in [1.29, 1.82) is 0 Å². The molecule has 1 amide bonds. The minimum absolute atomic E-state index is 0.218. The van der Waals surface area contributed by atoms with E-state index in [0.717, 1.165) is 5.56 Å². The molecule has 0 fully saturated rings. The number of alkyl halides is 1. The van der Waals surface area contributed by atoms with Crippen molar-refractivity contribution in [3.63, 3.8) is 0 Å². The highest BCUT2D eigenvalue weighted by molar-refractivity contribution is 7.20. The van der Waals surface area contributed by atoms with Crippen LogP contribution in [0, 0.1) is 0 Å². The second-order valence-electron chi connectivity index (χ2n) is 2.68. The predicted octanol–water partition coefficient (Wildman–Crippen LogP) is 3.30. The van der Waals surface area contributed by atoms with Crippen LogP contribution in [0.3, 0.4) is 0 Å². The van der Waals surface area contributed by atoms with E-state index < -0.39 is 5.38 Å². The van der Waals surface area contributed by atoms with Crippen molar-refractivity contribution in [2.45, 2.75) is 18.8 Å². The van der Waals surface area contributed by atoms with E-state index >= 15 is 0 Å². The second-order valence-corrected chi connectivity index (χ2v) is 5.62. The van der Waals surface area contributed by atoms with Crippen LogP contribution < -0.4 is 5.32 Å². The van der Waals surface area contributed by atoms with E-state index in [0.29, 0.717) is 15.2 Å². The summed E-state index contributed by atoms with van der Waals surface area (Å²) >= 11 is 18.4. The molecule has 0 saturated carbocycles. The third kappa shape index (κ3) is 3.31. The third-order valence-electron chi connectivity index (χ3n) is 1.54. The lowest BCUT2D eigenvalue weighted by Gasteiger charge is -2.04. The number of carbonyl (C=O) groups excluding carboxylic acids is 1. The van der Waals surface area contributed by atoms with Crippen LogP contribution in [-0.2, 0) is 11.3 Å². The van der Waals surface area contributed by atoms with E-state index in [9.17, 15) is 4.79 Å². The number of hydrogen-bond acceptors (Lipinski definition) is 2. The van der Waals surface area contributed by atoms with Gasteiger partial charge in [0, 0.05) is 12.1 Å². The standard InChI is InChI=1S/C8H8Cl3NOS/c1-4(9)8(13)12-3-5-2-6(10)14-7(5)11/h2,4H,3H2,1H3,(H,12,13). The molecule has 1 atom stereocenters. The van der Waals surface area contributed by atoms with Crippen LogP contribution in [0.1, 0.15) is 12.5 Å². The fraction of sp³-hybridized carbons (Fsp3) is 0.375. The quantitative estimate of drug-likeness (QED) is 0.841. The summed E-state index contributed by atoms with van der Waals surface area (Å²) in [7, 11) is 0. The minimum Gasteiger partial charge on any atom is -0.351 e. The zero-order valence-corrected chi connectivity index (χ0v) is 10.4. The zero-order valence-electron chi connectivity index (χ0n) is 7.31. The highest BCUT2D eigenvalue weighted by Gasteiger charge is 2.10. The van der Waals surface area contributed by atoms with Crippen molar-refractivity contribution in [2.75, 3.05) is 0 Å². The van der Waals surface area contributed by atoms with Crippen molar-refractivity contribution < 1.29 is 4.79 Å². The van der Waals surface area contributed by atoms with Gasteiger partial charge in [-0.25, -0.2) is 0 Å². The summed E-state index contributed by atoms with van der Waals surface area (Å²) in [5, 5.41) is 2.11. The van der Waals surface area contributed by atoms with Gasteiger partial charge < -0.3 is 5.32 Å². The molecule has 2 nitrogen and oxygen atoms in total. The molecule has 0 bridgehead atoms. The Balaban J connectivity index is 2.54. The molecule has 1 aromatic rings. The summed E-state index contributed by atoms with van der Waals surface area (Å²) in [5.74, 6) is -0.218. The highest BCUT2D eigenvalue weighted by atomic mass is 35.5. The topological polar surface area (TPSA) is 29.1 Å². The van der Waals surface area contributed by atoms with E-state index in [1.807, 2.05) is 0 Å². The molecule has 1 heterocycles. The highest BCUT2D eigenvalue weighted by Crippen LogP contribution is 2.30. The van der Waals surface area contributed by atoms with Crippen molar-refractivity contribution in [3.8, 4) is 0 Å². The van der Waals surface area contributed by atoms with Crippen molar-refractivity contribution in [3.05, 3.63) is 20.3 Å². The lowest BCUT2D eigenvalue weighted by Crippen LogP contribution is -2.28. The second kappa shape index (κ2) is 5.21. The van der Waals surface area contributed by atoms with Gasteiger partial charge in [-0.05, 0) is 13.0 Å². The SMILES string of the molecule is CC(Cl)C(=O)NCc1cc(Cl)sc1Cl. The molecule has 78 valence electrons. The van der Waals surface area contributed by atoms with Crippen LogP contribution in [0.25, 0.3) is 0 Å². The summed E-state index contributed by atoms with van der Waals surface area (Å²) in [6, 6.07) is 1.73. The molecule has 1 unspecified atom stereocenters. The smallest absolute Gasteiger partial charge is 0.238 e. The Hall–Kier alpha value is 0.0400. The van der Waals surface area contributed by atoms with Crippen LogP contribution >= 0.6 is 46.1 Å². The molecular weight excluding hydrogens is 265 g/mol. The fourth-order valence-electron chi connectivity index (χ4n) is 0.818. The van der Waals surface area contributed by atoms with Gasteiger partial charge in [0.1, 0.15) is 5.38 Å². The van der Waals surface area contributed by atoms with Crippen molar-refractivity contribution in [2.24, 2.45) is 0 Å². The Bertz CT molecular complexity index is 337. The van der Waals surface area contributed by atoms with Crippen molar-refractivity contribution >= 4 is 52.0 Å². The van der Waals surface area contributed by atoms with Gasteiger partial charge in [-0.1, -0.05) is 23.2 Å². The predicted molar refractivity (Wildman–Crippen MR) is 61.5 cm³/mol. The molecule has 14 heavy (non-hydrogen) atoms. The van der Waals surface area contributed by atoms with Gasteiger partial charge in [0.05, 0.1) is 8.67 Å². The molecular formula is C8H8Cl3NOS. The molecule has 1 rings (SSSR count). The average Bonchev–Trinajstić information content (AvgIpc) is 2.40. The molecule has 1 N–H and O–H groups in total. The molecule has 0 aliphatic heterocycles. The Morgan fingerprint density at radius 1 is 1.64 bits per heavy atom. The van der Waals surface area contributed by atoms with E-state index in [1.54, 1.807) is 13.0 Å². The molecule has 1 aromatic heterocycles. The Morgan fingerprint density at radius 2 is 2.29 bits per heavy atom. The molecule has 0 saturated heterocycles. The molecule has 0 spiro atoms. The van der Waals surface area contributed by atoms with Gasteiger partial charge in [0.15, 0.2) is 0 Å². The Labute approximate surface area is 101 Å². The lowest BCUT2D eigenvalue weighted by molar-refractivity contribution is -0.120. The zero-order chi connectivity index (χ0) is 10.7. The number of thiophene rings is 1. The first-order valence-electron chi connectivity index (χ1n) is 3.86. The maximum absolute atomic E-state index is 11.1. The summed E-state index contributed by atoms with van der Waals surface area (Å²) in [4.78, 5) is 11.1. The first-order valence-corrected chi connectivity index (χ1v) is 5.87. The van der Waals surface area contributed by atoms with Gasteiger partial charge in [0.25, 0.3) is 0 Å². The van der Waals surface area contributed by atoms with E-state index in [-0.39, 0.29) is 5.91 Å². The molecule has 0 aliphatic rings. The number of carbonyl (C=O) groups is 1. The molecule has 6 heteroatoms. The van der Waals surface area contributed by atoms with Crippen LogP contribution in [0.4, 0.5) is 0 Å². The Kier molecular flexibility index (Phi) is 4.51. The molecule has 0 aromatic carbocycles. The molecule has 0 aliphatic carbocycles. The number of amides is 1. The van der Waals surface area contributed by atoms with Crippen LogP contribution in [0.2, 0.25) is 8.67 Å². The first-order chi connectivity index (χ1) is 6.50. The van der Waals surface area contributed by atoms with Gasteiger partial charge in [-0.15, -0.1) is 22.9 Å². The monoisotopic (exact) mass is 271 g/mol. The van der Waals surface area contributed by atoms with Gasteiger partial charge in [-0.2, -0.15) is 0 Å². The van der Waals surface area contributed by atoms with E-state index in [2.05, 4.69) is 5.32 Å². The van der Waals surface area contributed by atoms with E-state index in [4.69, 9.17) is 34.8 Å². The van der Waals surface area contributed by atoms with Gasteiger partial charge in [-0.3, -0.25) is 4.79 Å². The third-order valence-corrected chi connectivity index (χ3v) is 3.31. The number of hydrogen-bond donors (Lipinski definition) is 1. The van der Waals surface area contributed by atoms with E-state index in [1.165, 1.54) is 11.3 Å². The summed E-state index contributed by atoms with van der Waals surface area (Å²) in [6.07, 6.45) is 0. The largest absolute Gasteiger partial charge is 0.351 e. The summed E-state index contributed by atoms with van der Waals surface area (Å²) in [6.45, 7) is 1.97. The van der Waals surface area contributed by atoms with Crippen molar-refractivity contribution in [1.82, 2.24) is 5.32 Å². The average molecular weight is 273 g/mol. The Morgan fingerprint density at radius 3 is 2.71 bits per heavy atom. The lowest BCUT2D eigenvalue weighted by atomic mass is 10.3.